The van der Waals surface area contributed by atoms with Crippen LogP contribution < -0.4 is 0 Å². The normalized spacial score (nSPS) is 21.6. The van der Waals surface area contributed by atoms with Crippen LogP contribution in [-0.4, -0.2) is 78.4 Å². The fraction of sp³-hybridized carbons (Fsp3) is 0.950. The molecule has 256 valence electrons. The highest BCUT2D eigenvalue weighted by atomic mass is 32.3. The second-order valence-corrected chi connectivity index (χ2v) is 15.0. The molecule has 0 N–H and O–H groups in total. The minimum atomic E-state index is -8.91. The Labute approximate surface area is 233 Å². The van der Waals surface area contributed by atoms with E-state index < -0.39 is 96.4 Å². The van der Waals surface area contributed by atoms with Crippen LogP contribution in [0.15, 0.2) is 0 Å². The summed E-state index contributed by atoms with van der Waals surface area (Å²) in [5, 5.41) is -7.73. The molecule has 0 spiro atoms. The Morgan fingerprint density at radius 2 is 0.953 bits per heavy atom. The Bertz CT molecular complexity index is 1140. The molecule has 1 aliphatic heterocycles. The number of hydrogen-bond donors (Lipinski definition) is 0. The predicted octanol–water partition coefficient (Wildman–Crippen LogP) is 7.96. The first-order valence-corrected chi connectivity index (χ1v) is 15.3. The van der Waals surface area contributed by atoms with E-state index >= 15 is 0 Å². The van der Waals surface area contributed by atoms with E-state index in [4.69, 9.17) is 0 Å². The van der Waals surface area contributed by atoms with Gasteiger partial charge in [0.1, 0.15) is 5.78 Å². The third-order valence-electron chi connectivity index (χ3n) is 6.99. The van der Waals surface area contributed by atoms with Crippen LogP contribution in [0.3, 0.4) is 0 Å². The molecule has 0 aromatic heterocycles. The van der Waals surface area contributed by atoms with E-state index in [1.807, 2.05) is 0 Å². The zero-order valence-electron chi connectivity index (χ0n) is 21.0. The monoisotopic (exact) mass is 712 g/mol. The Morgan fingerprint density at radius 1 is 0.581 bits per heavy atom. The molecule has 0 radical (unpaired) electrons. The maximum atomic E-state index is 14.5. The van der Waals surface area contributed by atoms with Gasteiger partial charge < -0.3 is 0 Å². The Kier molecular flexibility index (Phi) is 9.89. The highest BCUT2D eigenvalue weighted by molar-refractivity contribution is 8.33. The van der Waals surface area contributed by atoms with Gasteiger partial charge in [-0.05, 0) is 25.7 Å². The van der Waals surface area contributed by atoms with E-state index in [-0.39, 0.29) is 25.7 Å². The molecule has 0 bridgehead atoms. The van der Waals surface area contributed by atoms with Gasteiger partial charge in [0.15, 0.2) is 0 Å². The molecule has 4 nitrogen and oxygen atoms in total. The highest BCUT2D eigenvalue weighted by Gasteiger charge is 2.96. The standard InChI is InChI=1S/C20H21F17O4S2/c21-13(22,15(25,26)17(29,30)19(33,34)35)14(23,24)16(27,28)18(31,32)20(36,37)43(39,40)41-42(8-4-5-9-42)10-12(38)11-6-2-1-3-7-11/h11H,1-10H2. The van der Waals surface area contributed by atoms with Gasteiger partial charge in [0, 0.05) is 17.4 Å². The van der Waals surface area contributed by atoms with Crippen molar-refractivity contribution in [2.45, 2.75) is 91.9 Å². The molecule has 0 unspecified atom stereocenters. The van der Waals surface area contributed by atoms with Gasteiger partial charge in [-0.3, -0.25) is 4.79 Å². The van der Waals surface area contributed by atoms with Gasteiger partial charge in [-0.15, -0.1) is 10.3 Å². The van der Waals surface area contributed by atoms with Gasteiger partial charge in [-0.2, -0.15) is 83.1 Å². The lowest BCUT2D eigenvalue weighted by atomic mass is 9.87. The minimum Gasteiger partial charge on any atom is -0.298 e. The average molecular weight is 712 g/mol. The zero-order chi connectivity index (χ0) is 33.9. The van der Waals surface area contributed by atoms with Gasteiger partial charge >= 0.3 is 57.1 Å². The molecule has 1 saturated carbocycles. The fourth-order valence-electron chi connectivity index (χ4n) is 4.41. The molecule has 1 saturated heterocycles. The van der Waals surface area contributed by atoms with Crippen molar-refractivity contribution in [3.05, 3.63) is 0 Å². The average Bonchev–Trinajstić information content (AvgIpc) is 3.29. The predicted molar refractivity (Wildman–Crippen MR) is 114 cm³/mol. The van der Waals surface area contributed by atoms with Gasteiger partial charge in [0.25, 0.3) is 0 Å². The van der Waals surface area contributed by atoms with Crippen molar-refractivity contribution in [3.63, 3.8) is 0 Å². The number of carbonyl (C=O) groups is 1. The number of alkyl halides is 17. The van der Waals surface area contributed by atoms with E-state index in [1.165, 1.54) is 0 Å². The van der Waals surface area contributed by atoms with Crippen molar-refractivity contribution in [1.29, 1.82) is 0 Å². The van der Waals surface area contributed by atoms with E-state index in [2.05, 4.69) is 3.63 Å². The number of halogens is 17. The van der Waals surface area contributed by atoms with Crippen LogP contribution in [0, 0.1) is 5.92 Å². The fourth-order valence-corrected chi connectivity index (χ4v) is 10.2. The van der Waals surface area contributed by atoms with Crippen LogP contribution in [0.25, 0.3) is 0 Å². The van der Waals surface area contributed by atoms with Crippen LogP contribution in [0.2, 0.25) is 0 Å². The molecule has 23 heteroatoms. The molecular formula is C20H21F17O4S2. The van der Waals surface area contributed by atoms with Crippen molar-refractivity contribution >= 4 is 26.2 Å². The lowest BCUT2D eigenvalue weighted by Crippen LogP contribution is -2.75. The maximum absolute atomic E-state index is 14.5. The second-order valence-electron chi connectivity index (χ2n) is 10.0. The summed E-state index contributed by atoms with van der Waals surface area (Å²) in [5.41, 5.74) is 0. The van der Waals surface area contributed by atoms with E-state index in [0.717, 1.165) is 0 Å². The largest absolute Gasteiger partial charge is 0.460 e. The highest BCUT2D eigenvalue weighted by Crippen LogP contribution is 2.66. The molecule has 0 aromatic rings. The topological polar surface area (TPSA) is 60.4 Å². The lowest BCUT2D eigenvalue weighted by Gasteiger charge is -2.43. The number of carbonyl (C=O) groups excluding carboxylic acids is 1. The SMILES string of the molecule is O=C(CS1(OS(=O)(=O)C(F)(F)C(F)(F)C(F)(F)C(F)(F)C(F)(F)C(F)(F)C(F)(F)C(F)(F)F)CCCC1)C1CCCCC1. The summed E-state index contributed by atoms with van der Waals surface area (Å²) in [6.07, 6.45) is -5.94. The summed E-state index contributed by atoms with van der Waals surface area (Å²) in [6, 6.07) is 0. The second kappa shape index (κ2) is 11.2. The molecular weight excluding hydrogens is 691 g/mol. The molecule has 2 aliphatic rings. The van der Waals surface area contributed by atoms with Gasteiger partial charge in [0.2, 0.25) is 0 Å². The van der Waals surface area contributed by atoms with E-state index in [9.17, 15) is 87.8 Å². The Morgan fingerprint density at radius 3 is 1.35 bits per heavy atom. The van der Waals surface area contributed by atoms with Gasteiger partial charge in [-0.25, -0.2) is 3.63 Å². The summed E-state index contributed by atoms with van der Waals surface area (Å²) in [7, 11) is -11.4. The van der Waals surface area contributed by atoms with Crippen molar-refractivity contribution in [1.82, 2.24) is 0 Å². The molecule has 1 aliphatic carbocycles. The van der Waals surface area contributed by atoms with Crippen molar-refractivity contribution in [3.8, 4) is 0 Å². The molecule has 0 aromatic carbocycles. The molecule has 2 fully saturated rings. The molecule has 0 atom stereocenters. The number of hydrogen-bond acceptors (Lipinski definition) is 4. The Hall–Kier alpha value is -1.26. The third-order valence-corrected chi connectivity index (χ3v) is 12.6. The number of Topliss-reactive ketones (excluding diaryl/α,β-unsaturated/α-hetero) is 1. The first kappa shape index (κ1) is 37.9. The summed E-state index contributed by atoms with van der Waals surface area (Å²) in [4.78, 5) is 12.6. The van der Waals surface area contributed by atoms with Crippen LogP contribution in [0.1, 0.15) is 44.9 Å². The molecule has 1 heterocycles. The maximum Gasteiger partial charge on any atom is 0.460 e. The first-order chi connectivity index (χ1) is 18.9. The minimum absolute atomic E-state index is 0.103. The first-order valence-electron chi connectivity index (χ1n) is 11.9. The number of rotatable bonds is 12. The summed E-state index contributed by atoms with van der Waals surface area (Å²) in [6.45, 7) is 0. The third kappa shape index (κ3) is 5.79. The van der Waals surface area contributed by atoms with Gasteiger partial charge in [0.05, 0.1) is 5.75 Å². The van der Waals surface area contributed by atoms with Crippen molar-refractivity contribution in [2.75, 3.05) is 17.3 Å². The van der Waals surface area contributed by atoms with E-state index in [0.29, 0.717) is 19.3 Å². The lowest BCUT2D eigenvalue weighted by molar-refractivity contribution is -0.458. The van der Waals surface area contributed by atoms with Crippen LogP contribution in [-0.2, 0) is 18.5 Å². The van der Waals surface area contributed by atoms with Crippen LogP contribution in [0.5, 0.6) is 0 Å². The molecule has 2 rings (SSSR count). The number of ketones is 1. The molecule has 43 heavy (non-hydrogen) atoms. The summed E-state index contributed by atoms with van der Waals surface area (Å²) >= 11 is 0. The van der Waals surface area contributed by atoms with Crippen LogP contribution >= 0.6 is 10.3 Å². The van der Waals surface area contributed by atoms with E-state index in [1.54, 1.807) is 0 Å². The van der Waals surface area contributed by atoms with Crippen molar-refractivity contribution in [2.24, 2.45) is 5.92 Å². The zero-order valence-corrected chi connectivity index (χ0v) is 22.7. The smallest absolute Gasteiger partial charge is 0.298 e. The summed E-state index contributed by atoms with van der Waals surface area (Å²) in [5.74, 6) is -55.8. The quantitative estimate of drug-likeness (QED) is 0.193. The Balaban J connectivity index is 2.53. The van der Waals surface area contributed by atoms with Crippen molar-refractivity contribution < 1.29 is 91.5 Å². The summed E-state index contributed by atoms with van der Waals surface area (Å²) < 4.78 is 259. The van der Waals surface area contributed by atoms with Gasteiger partial charge in [-0.1, -0.05) is 19.3 Å². The van der Waals surface area contributed by atoms with Crippen LogP contribution in [0.4, 0.5) is 74.6 Å². The molecule has 0 amide bonds.